The first kappa shape index (κ1) is 21.3. The molecule has 3 aromatic rings. The first-order valence-corrected chi connectivity index (χ1v) is 12.0. The van der Waals surface area contributed by atoms with Gasteiger partial charge in [-0.05, 0) is 55.7 Å². The average molecular weight is 443 g/mol. The Bertz CT molecular complexity index is 1230. The largest absolute Gasteiger partial charge is 0.495 e. The molecule has 0 atom stereocenters. The molecule has 9 heteroatoms. The lowest BCUT2D eigenvalue weighted by atomic mass is 9.97. The molecule has 0 bridgehead atoms. The Hall–Kier alpha value is -2.91. The maximum atomic E-state index is 12.9. The first-order valence-electron chi connectivity index (χ1n) is 10.1. The molecule has 1 saturated heterocycles. The number of amides is 1. The van der Waals surface area contributed by atoms with Crippen molar-refractivity contribution in [3.05, 3.63) is 48.3 Å². The Morgan fingerprint density at radius 3 is 2.61 bits per heavy atom. The van der Waals surface area contributed by atoms with E-state index < -0.39 is 10.0 Å². The highest BCUT2D eigenvalue weighted by Crippen LogP contribution is 2.32. The van der Waals surface area contributed by atoms with Gasteiger partial charge in [-0.25, -0.2) is 17.7 Å². The second kappa shape index (κ2) is 8.32. The quantitative estimate of drug-likeness (QED) is 0.656. The van der Waals surface area contributed by atoms with Crippen molar-refractivity contribution in [2.45, 2.75) is 19.8 Å². The zero-order chi connectivity index (χ0) is 22.2. The van der Waals surface area contributed by atoms with Crippen molar-refractivity contribution in [2.24, 2.45) is 5.92 Å². The second-order valence-electron chi connectivity index (χ2n) is 7.94. The van der Waals surface area contributed by atoms with Crippen LogP contribution in [0, 0.1) is 12.8 Å². The number of nitrogens with one attached hydrogen (secondary N) is 1. The zero-order valence-corrected chi connectivity index (χ0v) is 18.6. The van der Waals surface area contributed by atoms with E-state index in [0.29, 0.717) is 37.4 Å². The summed E-state index contributed by atoms with van der Waals surface area (Å²) in [4.78, 5) is 17.6. The summed E-state index contributed by atoms with van der Waals surface area (Å²) < 4.78 is 32.2. The van der Waals surface area contributed by atoms with Crippen molar-refractivity contribution in [1.29, 1.82) is 0 Å². The molecule has 0 aliphatic carbocycles. The van der Waals surface area contributed by atoms with Crippen molar-refractivity contribution in [2.75, 3.05) is 31.8 Å². The maximum absolute atomic E-state index is 12.9. The first-order chi connectivity index (χ1) is 14.7. The Morgan fingerprint density at radius 1 is 1.19 bits per heavy atom. The molecule has 2 aromatic heterocycles. The van der Waals surface area contributed by atoms with Gasteiger partial charge >= 0.3 is 0 Å². The number of carbonyl (C=O) groups excluding carboxylic acids is 1. The lowest BCUT2D eigenvalue weighted by Crippen LogP contribution is -2.40. The number of anilines is 1. The summed E-state index contributed by atoms with van der Waals surface area (Å²) in [5.74, 6) is 0.184. The molecule has 1 aliphatic heterocycles. The van der Waals surface area contributed by atoms with E-state index >= 15 is 0 Å². The number of rotatable bonds is 5. The maximum Gasteiger partial charge on any atom is 0.227 e. The Labute approximate surface area is 181 Å². The van der Waals surface area contributed by atoms with Crippen LogP contribution in [0.1, 0.15) is 18.4 Å². The molecule has 0 radical (unpaired) electrons. The molecule has 4 rings (SSSR count). The van der Waals surface area contributed by atoms with Gasteiger partial charge in [0.05, 0.1) is 24.7 Å². The molecule has 0 spiro atoms. The van der Waals surface area contributed by atoms with Crippen molar-refractivity contribution in [3.63, 3.8) is 0 Å². The summed E-state index contributed by atoms with van der Waals surface area (Å²) in [6.45, 7) is 2.74. The van der Waals surface area contributed by atoms with Crippen LogP contribution in [-0.2, 0) is 14.8 Å². The van der Waals surface area contributed by atoms with Crippen LogP contribution >= 0.6 is 0 Å². The van der Waals surface area contributed by atoms with Gasteiger partial charge in [0.15, 0.2) is 0 Å². The highest BCUT2D eigenvalue weighted by molar-refractivity contribution is 7.88. The Balaban J connectivity index is 1.54. The molecule has 1 aromatic carbocycles. The van der Waals surface area contributed by atoms with Gasteiger partial charge < -0.3 is 14.5 Å². The molecule has 1 fully saturated rings. The van der Waals surface area contributed by atoms with E-state index in [4.69, 9.17) is 4.74 Å². The number of fused-ring (bicyclic) bond motifs is 1. The lowest BCUT2D eigenvalue weighted by molar-refractivity contribution is -0.120. The van der Waals surface area contributed by atoms with Crippen molar-refractivity contribution in [3.8, 4) is 17.0 Å². The lowest BCUT2D eigenvalue weighted by Gasteiger charge is -2.29. The molecule has 0 unspecified atom stereocenters. The van der Waals surface area contributed by atoms with Crippen molar-refractivity contribution >= 4 is 27.3 Å². The highest BCUT2D eigenvalue weighted by atomic mass is 32.2. The number of pyridine rings is 1. The molecule has 0 saturated carbocycles. The molecule has 1 aliphatic rings. The number of ether oxygens (including phenoxy) is 1. The summed E-state index contributed by atoms with van der Waals surface area (Å²) in [5, 5.41) is 2.97. The van der Waals surface area contributed by atoms with Crippen LogP contribution in [0.2, 0.25) is 0 Å². The third kappa shape index (κ3) is 4.57. The minimum Gasteiger partial charge on any atom is -0.495 e. The number of carbonyl (C=O) groups is 1. The van der Waals surface area contributed by atoms with Crippen LogP contribution in [-0.4, -0.2) is 54.5 Å². The van der Waals surface area contributed by atoms with E-state index in [1.165, 1.54) is 10.6 Å². The van der Waals surface area contributed by atoms with Gasteiger partial charge in [0, 0.05) is 37.0 Å². The topological polar surface area (TPSA) is 93.0 Å². The predicted octanol–water partition coefficient (Wildman–Crippen LogP) is 2.93. The molecule has 31 heavy (non-hydrogen) atoms. The third-order valence-corrected chi connectivity index (χ3v) is 6.97. The van der Waals surface area contributed by atoms with Crippen LogP contribution in [0.25, 0.3) is 16.9 Å². The van der Waals surface area contributed by atoms with Crippen LogP contribution in [0.5, 0.6) is 5.75 Å². The van der Waals surface area contributed by atoms with E-state index in [2.05, 4.69) is 10.3 Å². The number of nitrogens with zero attached hydrogens (tertiary/aromatic N) is 3. The predicted molar refractivity (Wildman–Crippen MR) is 120 cm³/mol. The molecule has 1 amide bonds. The SMILES string of the molecule is COc1ccc(-c2cn3ccc(C)cc3n2)cc1NC(=O)C1CCN(S(C)(=O)=O)CC1. The van der Waals surface area contributed by atoms with Crippen LogP contribution in [0.4, 0.5) is 5.69 Å². The van der Waals surface area contributed by atoms with Gasteiger partial charge in [0.1, 0.15) is 11.4 Å². The Kier molecular flexibility index (Phi) is 5.72. The number of aromatic nitrogens is 2. The van der Waals surface area contributed by atoms with Gasteiger partial charge in [-0.15, -0.1) is 0 Å². The normalized spacial score (nSPS) is 15.8. The average Bonchev–Trinajstić information content (AvgIpc) is 3.16. The number of hydrogen-bond donors (Lipinski definition) is 1. The minimum absolute atomic E-state index is 0.130. The summed E-state index contributed by atoms with van der Waals surface area (Å²) in [6, 6.07) is 9.61. The van der Waals surface area contributed by atoms with Gasteiger partial charge in [-0.3, -0.25) is 4.79 Å². The smallest absolute Gasteiger partial charge is 0.227 e. The van der Waals surface area contributed by atoms with Crippen LogP contribution in [0.3, 0.4) is 0 Å². The molecule has 3 heterocycles. The fourth-order valence-electron chi connectivity index (χ4n) is 3.87. The minimum atomic E-state index is -3.22. The number of aryl methyl sites for hydroxylation is 1. The molecular formula is C22H26N4O4S. The number of benzene rings is 1. The standard InChI is InChI=1S/C22H26N4O4S/c1-15-6-9-25-14-19(23-21(25)12-15)17-4-5-20(30-2)18(13-17)24-22(27)16-7-10-26(11-8-16)31(3,28)29/h4-6,9,12-14,16H,7-8,10-11H2,1-3H3,(H,24,27). The van der Waals surface area contributed by atoms with E-state index in [-0.39, 0.29) is 11.8 Å². The van der Waals surface area contributed by atoms with Gasteiger partial charge in [0.25, 0.3) is 0 Å². The molecular weight excluding hydrogens is 416 g/mol. The summed E-state index contributed by atoms with van der Waals surface area (Å²) >= 11 is 0. The zero-order valence-electron chi connectivity index (χ0n) is 17.8. The molecule has 164 valence electrons. The van der Waals surface area contributed by atoms with Crippen LogP contribution in [0.15, 0.2) is 42.7 Å². The van der Waals surface area contributed by atoms with Gasteiger partial charge in [-0.2, -0.15) is 0 Å². The fourth-order valence-corrected chi connectivity index (χ4v) is 4.75. The number of piperidine rings is 1. The van der Waals surface area contributed by atoms with E-state index in [0.717, 1.165) is 22.5 Å². The monoisotopic (exact) mass is 442 g/mol. The number of methoxy groups -OCH3 is 1. The number of hydrogen-bond acceptors (Lipinski definition) is 5. The van der Waals surface area contributed by atoms with Gasteiger partial charge in [-0.1, -0.05) is 0 Å². The molecule has 8 nitrogen and oxygen atoms in total. The second-order valence-corrected chi connectivity index (χ2v) is 9.92. The molecule has 1 N–H and O–H groups in total. The summed E-state index contributed by atoms with van der Waals surface area (Å²) in [7, 11) is -1.66. The third-order valence-electron chi connectivity index (χ3n) is 5.66. The summed E-state index contributed by atoms with van der Waals surface area (Å²) in [6.07, 6.45) is 6.10. The summed E-state index contributed by atoms with van der Waals surface area (Å²) in [5.41, 5.74) is 4.22. The number of sulfonamides is 1. The Morgan fingerprint density at radius 2 is 1.94 bits per heavy atom. The van der Waals surface area contributed by atoms with E-state index in [1.807, 2.05) is 54.0 Å². The highest BCUT2D eigenvalue weighted by Gasteiger charge is 2.29. The van der Waals surface area contributed by atoms with Crippen LogP contribution < -0.4 is 10.1 Å². The number of imidazole rings is 1. The van der Waals surface area contributed by atoms with Crippen molar-refractivity contribution in [1.82, 2.24) is 13.7 Å². The fraction of sp³-hybridized carbons (Fsp3) is 0.364. The van der Waals surface area contributed by atoms with E-state index in [9.17, 15) is 13.2 Å². The van der Waals surface area contributed by atoms with Gasteiger partial charge in [0.2, 0.25) is 15.9 Å². The van der Waals surface area contributed by atoms with E-state index in [1.54, 1.807) is 7.11 Å². The van der Waals surface area contributed by atoms with Crippen molar-refractivity contribution < 1.29 is 17.9 Å².